The van der Waals surface area contributed by atoms with Crippen molar-refractivity contribution in [1.82, 2.24) is 4.31 Å². The monoisotopic (exact) mass is 381 g/mol. The molecule has 0 N–H and O–H groups in total. The normalized spacial score (nSPS) is 11.3. The highest BCUT2D eigenvalue weighted by Gasteiger charge is 2.22. The fourth-order valence-corrected chi connectivity index (χ4v) is 3.41. The molecule has 142 valence electrons. The molecule has 0 aliphatic carbocycles. The molecule has 0 heterocycles. The minimum absolute atomic E-state index is 0.127. The largest absolute Gasteiger partial charge is 0.497 e. The molecule has 2 rings (SSSR count). The summed E-state index contributed by atoms with van der Waals surface area (Å²) in [7, 11) is 2.38. The Bertz CT molecular complexity index is 820. The van der Waals surface area contributed by atoms with Crippen LogP contribution in [-0.2, 0) is 10.0 Å². The summed E-state index contributed by atoms with van der Waals surface area (Å²) in [4.78, 5) is 0.127. The van der Waals surface area contributed by atoms with Gasteiger partial charge in [0, 0.05) is 19.7 Å². The number of sulfonamides is 1. The van der Waals surface area contributed by atoms with Crippen molar-refractivity contribution in [2.24, 2.45) is 0 Å². The zero-order chi connectivity index (χ0) is 19.2. The van der Waals surface area contributed by atoms with Crippen LogP contribution in [0.1, 0.15) is 0 Å². The fourth-order valence-electron chi connectivity index (χ4n) is 2.24. The molecule has 0 aliphatic heterocycles. The molecule has 26 heavy (non-hydrogen) atoms. The van der Waals surface area contributed by atoms with Gasteiger partial charge >= 0.3 is 0 Å². The van der Waals surface area contributed by atoms with Crippen molar-refractivity contribution < 1.29 is 27.4 Å². The predicted octanol–water partition coefficient (Wildman–Crippen LogP) is 2.41. The first kappa shape index (κ1) is 19.9. The van der Waals surface area contributed by atoms with E-state index in [1.807, 2.05) is 0 Å². The van der Waals surface area contributed by atoms with Crippen LogP contribution in [0.15, 0.2) is 47.4 Å². The number of rotatable bonds is 9. The van der Waals surface area contributed by atoms with Crippen molar-refractivity contribution in [3.63, 3.8) is 0 Å². The van der Waals surface area contributed by atoms with E-state index in [1.165, 1.54) is 37.7 Å². The predicted molar refractivity (Wildman–Crippen MR) is 97.9 cm³/mol. The van der Waals surface area contributed by atoms with Crippen LogP contribution in [0.3, 0.4) is 0 Å². The van der Waals surface area contributed by atoms with Gasteiger partial charge in [0.2, 0.25) is 10.0 Å². The van der Waals surface area contributed by atoms with Gasteiger partial charge in [-0.3, -0.25) is 0 Å². The molecule has 0 aromatic heterocycles. The van der Waals surface area contributed by atoms with Crippen LogP contribution in [0.5, 0.6) is 23.0 Å². The SMILES string of the molecule is COc1ccc(OCCN(C)S(=O)(=O)c2ccc(OC)c(OC)c2)cc1. The maximum absolute atomic E-state index is 12.7. The summed E-state index contributed by atoms with van der Waals surface area (Å²) in [6.45, 7) is 0.415. The Hall–Kier alpha value is -2.45. The maximum atomic E-state index is 12.7. The molecule has 2 aromatic carbocycles. The van der Waals surface area contributed by atoms with Crippen molar-refractivity contribution in [2.45, 2.75) is 4.90 Å². The Morgan fingerprint density at radius 2 is 1.46 bits per heavy atom. The fraction of sp³-hybridized carbons (Fsp3) is 0.333. The van der Waals surface area contributed by atoms with Gasteiger partial charge in [-0.15, -0.1) is 0 Å². The molecule has 0 fully saturated rings. The number of benzene rings is 2. The number of likely N-dealkylation sites (N-methyl/N-ethyl adjacent to an activating group) is 1. The number of ether oxygens (including phenoxy) is 4. The van der Waals surface area contributed by atoms with Crippen LogP contribution in [0.2, 0.25) is 0 Å². The molecule has 0 radical (unpaired) electrons. The Labute approximate surface area is 154 Å². The zero-order valence-corrected chi connectivity index (χ0v) is 16.1. The third kappa shape index (κ3) is 4.59. The molecule has 0 unspecified atom stereocenters. The summed E-state index contributed by atoms with van der Waals surface area (Å²) in [6.07, 6.45) is 0. The van der Waals surface area contributed by atoms with E-state index in [0.29, 0.717) is 17.2 Å². The molecule has 2 aromatic rings. The van der Waals surface area contributed by atoms with Gasteiger partial charge in [0.15, 0.2) is 11.5 Å². The first-order valence-corrected chi connectivity index (χ1v) is 9.31. The van der Waals surface area contributed by atoms with E-state index in [1.54, 1.807) is 37.4 Å². The summed E-state index contributed by atoms with van der Waals surface area (Å²) < 4.78 is 47.6. The van der Waals surface area contributed by atoms with E-state index in [-0.39, 0.29) is 18.0 Å². The average Bonchev–Trinajstić information content (AvgIpc) is 2.67. The Balaban J connectivity index is 2.01. The molecule has 0 amide bonds. The topological polar surface area (TPSA) is 74.3 Å². The molecule has 0 atom stereocenters. The van der Waals surface area contributed by atoms with E-state index < -0.39 is 10.0 Å². The lowest BCUT2D eigenvalue weighted by atomic mass is 10.3. The van der Waals surface area contributed by atoms with Crippen LogP contribution in [0.25, 0.3) is 0 Å². The van der Waals surface area contributed by atoms with Gasteiger partial charge in [0.25, 0.3) is 0 Å². The molecule has 0 bridgehead atoms. The van der Waals surface area contributed by atoms with Gasteiger partial charge < -0.3 is 18.9 Å². The van der Waals surface area contributed by atoms with Crippen LogP contribution < -0.4 is 18.9 Å². The number of nitrogens with zero attached hydrogens (tertiary/aromatic N) is 1. The van der Waals surface area contributed by atoms with E-state index in [9.17, 15) is 8.42 Å². The van der Waals surface area contributed by atoms with Crippen LogP contribution in [0, 0.1) is 0 Å². The van der Waals surface area contributed by atoms with Gasteiger partial charge in [0.1, 0.15) is 18.1 Å². The molecule has 0 saturated carbocycles. The quantitative estimate of drug-likeness (QED) is 0.664. The lowest BCUT2D eigenvalue weighted by Crippen LogP contribution is -2.31. The van der Waals surface area contributed by atoms with Crippen molar-refractivity contribution >= 4 is 10.0 Å². The number of methoxy groups -OCH3 is 3. The van der Waals surface area contributed by atoms with E-state index in [2.05, 4.69) is 0 Å². The Morgan fingerprint density at radius 3 is 2.04 bits per heavy atom. The third-order valence-corrected chi connectivity index (χ3v) is 5.65. The first-order chi connectivity index (χ1) is 12.4. The van der Waals surface area contributed by atoms with E-state index >= 15 is 0 Å². The lowest BCUT2D eigenvalue weighted by molar-refractivity contribution is 0.286. The Kier molecular flexibility index (Phi) is 6.70. The summed E-state index contributed by atoms with van der Waals surface area (Å²) in [6, 6.07) is 11.6. The molecule has 8 heteroatoms. The lowest BCUT2D eigenvalue weighted by Gasteiger charge is -2.18. The van der Waals surface area contributed by atoms with Crippen molar-refractivity contribution in [2.75, 3.05) is 41.5 Å². The van der Waals surface area contributed by atoms with Gasteiger partial charge in [-0.1, -0.05) is 0 Å². The highest BCUT2D eigenvalue weighted by molar-refractivity contribution is 7.89. The third-order valence-electron chi connectivity index (χ3n) is 3.80. The van der Waals surface area contributed by atoms with Gasteiger partial charge in [-0.25, -0.2) is 8.42 Å². The van der Waals surface area contributed by atoms with Crippen LogP contribution in [-0.4, -0.2) is 54.3 Å². The van der Waals surface area contributed by atoms with Crippen molar-refractivity contribution in [3.05, 3.63) is 42.5 Å². The van der Waals surface area contributed by atoms with Crippen LogP contribution >= 0.6 is 0 Å². The minimum Gasteiger partial charge on any atom is -0.497 e. The van der Waals surface area contributed by atoms with Crippen molar-refractivity contribution in [1.29, 1.82) is 0 Å². The Morgan fingerprint density at radius 1 is 0.846 bits per heavy atom. The van der Waals surface area contributed by atoms with Crippen molar-refractivity contribution in [3.8, 4) is 23.0 Å². The first-order valence-electron chi connectivity index (χ1n) is 7.87. The minimum atomic E-state index is -3.66. The van der Waals surface area contributed by atoms with E-state index in [0.717, 1.165) is 5.75 Å². The standard InChI is InChI=1S/C18H23NO6S/c1-19(11-12-25-15-7-5-14(22-2)6-8-15)26(20,21)16-9-10-17(23-3)18(13-16)24-4/h5-10,13H,11-12H2,1-4H3. The molecule has 7 nitrogen and oxygen atoms in total. The highest BCUT2D eigenvalue weighted by Crippen LogP contribution is 2.30. The van der Waals surface area contributed by atoms with Gasteiger partial charge in [0.05, 0.1) is 26.2 Å². The smallest absolute Gasteiger partial charge is 0.243 e. The molecule has 0 saturated heterocycles. The van der Waals surface area contributed by atoms with Gasteiger partial charge in [-0.2, -0.15) is 4.31 Å². The number of hydrogen-bond donors (Lipinski definition) is 0. The second-order valence-corrected chi connectivity index (χ2v) is 7.41. The second-order valence-electron chi connectivity index (χ2n) is 5.37. The summed E-state index contributed by atoms with van der Waals surface area (Å²) in [5, 5.41) is 0. The average molecular weight is 381 g/mol. The maximum Gasteiger partial charge on any atom is 0.243 e. The molecular weight excluding hydrogens is 358 g/mol. The van der Waals surface area contributed by atoms with Crippen LogP contribution in [0.4, 0.5) is 0 Å². The summed E-state index contributed by atoms with van der Waals surface area (Å²) in [5.41, 5.74) is 0. The summed E-state index contributed by atoms with van der Waals surface area (Å²) >= 11 is 0. The molecular formula is C18H23NO6S. The molecule has 0 aliphatic rings. The molecule has 0 spiro atoms. The van der Waals surface area contributed by atoms with Gasteiger partial charge in [-0.05, 0) is 36.4 Å². The second kappa shape index (κ2) is 8.77. The zero-order valence-electron chi connectivity index (χ0n) is 15.3. The summed E-state index contributed by atoms with van der Waals surface area (Å²) in [5.74, 6) is 2.20. The van der Waals surface area contributed by atoms with E-state index in [4.69, 9.17) is 18.9 Å². The number of hydrogen-bond acceptors (Lipinski definition) is 6. The highest BCUT2D eigenvalue weighted by atomic mass is 32.2.